The highest BCUT2D eigenvalue weighted by Gasteiger charge is 2.35. The van der Waals surface area contributed by atoms with E-state index < -0.39 is 0 Å². The molecule has 0 radical (unpaired) electrons. The van der Waals surface area contributed by atoms with Crippen molar-refractivity contribution < 1.29 is 10.2 Å². The monoisotopic (exact) mass is 254 g/mol. The molecule has 0 saturated heterocycles. The van der Waals surface area contributed by atoms with Crippen LogP contribution < -0.4 is 0 Å². The van der Waals surface area contributed by atoms with E-state index in [9.17, 15) is 10.2 Å². The van der Waals surface area contributed by atoms with Crippen LogP contribution in [0.15, 0.2) is 0 Å². The van der Waals surface area contributed by atoms with E-state index in [1.807, 2.05) is 0 Å². The first kappa shape index (κ1) is 14.3. The van der Waals surface area contributed by atoms with Gasteiger partial charge in [0.25, 0.3) is 0 Å². The summed E-state index contributed by atoms with van der Waals surface area (Å²) in [6.45, 7) is 2.28. The zero-order valence-corrected chi connectivity index (χ0v) is 11.9. The first-order valence-corrected chi connectivity index (χ1v) is 8.06. The molecule has 2 saturated carbocycles. The van der Waals surface area contributed by atoms with Crippen molar-refractivity contribution in [2.24, 2.45) is 17.8 Å². The van der Waals surface area contributed by atoms with Crippen molar-refractivity contribution in [2.45, 2.75) is 83.3 Å². The summed E-state index contributed by atoms with van der Waals surface area (Å²) in [5.74, 6) is 1.32. The predicted octanol–water partition coefficient (Wildman–Crippen LogP) is 3.50. The fraction of sp³-hybridized carbons (Fsp3) is 1.00. The number of rotatable bonds is 2. The molecule has 2 aliphatic carbocycles. The molecule has 2 N–H and O–H groups in total. The summed E-state index contributed by atoms with van der Waals surface area (Å²) in [6.07, 6.45) is 11.4. The van der Waals surface area contributed by atoms with E-state index in [1.165, 1.54) is 38.5 Å². The molecule has 0 aliphatic heterocycles. The van der Waals surface area contributed by atoms with Gasteiger partial charge in [-0.15, -0.1) is 0 Å². The van der Waals surface area contributed by atoms with Crippen LogP contribution in [0.25, 0.3) is 0 Å². The molecule has 0 spiro atoms. The highest BCUT2D eigenvalue weighted by molar-refractivity contribution is 4.85. The summed E-state index contributed by atoms with van der Waals surface area (Å²) >= 11 is 0. The third kappa shape index (κ3) is 3.48. The molecule has 0 heterocycles. The van der Waals surface area contributed by atoms with Crippen LogP contribution in [0, 0.1) is 17.8 Å². The van der Waals surface area contributed by atoms with Crippen molar-refractivity contribution in [3.05, 3.63) is 0 Å². The van der Waals surface area contributed by atoms with Crippen LogP contribution in [0.3, 0.4) is 0 Å². The number of hydrogen-bond acceptors (Lipinski definition) is 2. The quantitative estimate of drug-likeness (QED) is 0.740. The second kappa shape index (κ2) is 6.91. The van der Waals surface area contributed by atoms with Gasteiger partial charge in [-0.05, 0) is 43.4 Å². The van der Waals surface area contributed by atoms with Gasteiger partial charge in [0.2, 0.25) is 0 Å². The van der Waals surface area contributed by atoms with Gasteiger partial charge in [0.15, 0.2) is 0 Å². The van der Waals surface area contributed by atoms with Crippen molar-refractivity contribution in [3.63, 3.8) is 0 Å². The topological polar surface area (TPSA) is 40.5 Å². The Morgan fingerprint density at radius 3 is 1.50 bits per heavy atom. The summed E-state index contributed by atoms with van der Waals surface area (Å²) in [4.78, 5) is 0. The molecule has 0 bridgehead atoms. The molecule has 2 aliphatic rings. The maximum Gasteiger partial charge on any atom is 0.0571 e. The SMILES string of the molecule is CC(C1CCCCCC1O)C1CCCCCC1O. The van der Waals surface area contributed by atoms with Gasteiger partial charge in [-0.3, -0.25) is 0 Å². The van der Waals surface area contributed by atoms with Crippen LogP contribution >= 0.6 is 0 Å². The first-order chi connectivity index (χ1) is 8.70. The Labute approximate surface area is 112 Å². The van der Waals surface area contributed by atoms with Gasteiger partial charge in [0, 0.05) is 0 Å². The molecule has 18 heavy (non-hydrogen) atoms. The highest BCUT2D eigenvalue weighted by atomic mass is 16.3. The van der Waals surface area contributed by atoms with Crippen molar-refractivity contribution in [2.75, 3.05) is 0 Å². The molecule has 0 aromatic heterocycles. The van der Waals surface area contributed by atoms with Gasteiger partial charge in [-0.2, -0.15) is 0 Å². The van der Waals surface area contributed by atoms with Crippen LogP contribution in [0.1, 0.15) is 71.1 Å². The number of aliphatic hydroxyl groups excluding tert-OH is 2. The maximum absolute atomic E-state index is 10.3. The molecule has 2 rings (SSSR count). The van der Waals surface area contributed by atoms with Gasteiger partial charge in [-0.1, -0.05) is 45.4 Å². The minimum atomic E-state index is -0.127. The first-order valence-electron chi connectivity index (χ1n) is 8.06. The Bertz CT molecular complexity index is 217. The lowest BCUT2D eigenvalue weighted by Crippen LogP contribution is -2.35. The Morgan fingerprint density at radius 2 is 1.06 bits per heavy atom. The average molecular weight is 254 g/mol. The Morgan fingerprint density at radius 1 is 0.667 bits per heavy atom. The molecule has 2 heteroatoms. The van der Waals surface area contributed by atoms with E-state index in [1.54, 1.807) is 0 Å². The fourth-order valence-corrected chi connectivity index (χ4v) is 4.18. The largest absolute Gasteiger partial charge is 0.393 e. The van der Waals surface area contributed by atoms with Crippen molar-refractivity contribution in [1.29, 1.82) is 0 Å². The van der Waals surface area contributed by atoms with Gasteiger partial charge in [-0.25, -0.2) is 0 Å². The molecule has 0 aromatic rings. The van der Waals surface area contributed by atoms with E-state index in [0.717, 1.165) is 25.7 Å². The Hall–Kier alpha value is -0.0800. The fourth-order valence-electron chi connectivity index (χ4n) is 4.18. The third-order valence-corrected chi connectivity index (χ3v) is 5.41. The van der Waals surface area contributed by atoms with Crippen LogP contribution in [0.4, 0.5) is 0 Å². The molecule has 4 atom stereocenters. The molecule has 4 unspecified atom stereocenters. The molecule has 2 nitrogen and oxygen atoms in total. The van der Waals surface area contributed by atoms with Gasteiger partial charge in [0.1, 0.15) is 0 Å². The van der Waals surface area contributed by atoms with Crippen LogP contribution in [0.2, 0.25) is 0 Å². The summed E-state index contributed by atoms with van der Waals surface area (Å²) in [6, 6.07) is 0. The minimum Gasteiger partial charge on any atom is -0.393 e. The second-order valence-electron chi connectivity index (χ2n) is 6.60. The summed E-state index contributed by atoms with van der Waals surface area (Å²) in [7, 11) is 0. The normalized spacial score (nSPS) is 40.8. The van der Waals surface area contributed by atoms with Crippen LogP contribution in [0.5, 0.6) is 0 Å². The molecular formula is C16H30O2. The van der Waals surface area contributed by atoms with Crippen LogP contribution in [-0.4, -0.2) is 22.4 Å². The minimum absolute atomic E-state index is 0.127. The van der Waals surface area contributed by atoms with Crippen LogP contribution in [-0.2, 0) is 0 Å². The highest BCUT2D eigenvalue weighted by Crippen LogP contribution is 2.38. The summed E-state index contributed by atoms with van der Waals surface area (Å²) in [5, 5.41) is 20.6. The lowest BCUT2D eigenvalue weighted by Gasteiger charge is -2.35. The maximum atomic E-state index is 10.3. The van der Waals surface area contributed by atoms with Crippen molar-refractivity contribution in [1.82, 2.24) is 0 Å². The molecule has 0 aromatic carbocycles. The van der Waals surface area contributed by atoms with E-state index in [4.69, 9.17) is 0 Å². The van der Waals surface area contributed by atoms with Gasteiger partial charge >= 0.3 is 0 Å². The molecule has 0 amide bonds. The standard InChI is InChI=1S/C16H30O2/c1-12(13-8-4-2-6-10-15(13)17)14-9-5-3-7-11-16(14)18/h12-18H,2-11H2,1H3. The lowest BCUT2D eigenvalue weighted by atomic mass is 9.74. The Kier molecular flexibility index (Phi) is 5.50. The van der Waals surface area contributed by atoms with Gasteiger partial charge < -0.3 is 10.2 Å². The zero-order valence-electron chi connectivity index (χ0n) is 11.9. The Balaban J connectivity index is 2.00. The number of aliphatic hydroxyl groups is 2. The number of hydrogen-bond donors (Lipinski definition) is 2. The predicted molar refractivity (Wildman–Crippen MR) is 74.3 cm³/mol. The average Bonchev–Trinajstić information content (AvgIpc) is 2.69. The van der Waals surface area contributed by atoms with Gasteiger partial charge in [0.05, 0.1) is 12.2 Å². The summed E-state index contributed by atoms with van der Waals surface area (Å²) < 4.78 is 0. The molecular weight excluding hydrogens is 224 g/mol. The lowest BCUT2D eigenvalue weighted by molar-refractivity contribution is 0.00458. The molecule has 2 fully saturated rings. The second-order valence-corrected chi connectivity index (χ2v) is 6.60. The van der Waals surface area contributed by atoms with E-state index in [0.29, 0.717) is 17.8 Å². The van der Waals surface area contributed by atoms with Crippen molar-refractivity contribution in [3.8, 4) is 0 Å². The van der Waals surface area contributed by atoms with E-state index >= 15 is 0 Å². The van der Waals surface area contributed by atoms with E-state index in [-0.39, 0.29) is 12.2 Å². The zero-order chi connectivity index (χ0) is 13.0. The molecule has 106 valence electrons. The van der Waals surface area contributed by atoms with Crippen molar-refractivity contribution >= 4 is 0 Å². The smallest absolute Gasteiger partial charge is 0.0571 e. The third-order valence-electron chi connectivity index (χ3n) is 5.41. The summed E-state index contributed by atoms with van der Waals surface area (Å²) in [5.41, 5.74) is 0. The van der Waals surface area contributed by atoms with E-state index in [2.05, 4.69) is 6.92 Å².